The van der Waals surface area contributed by atoms with E-state index in [2.05, 4.69) is 4.98 Å². The second-order valence-electron chi connectivity index (χ2n) is 6.29. The Morgan fingerprint density at radius 1 is 1.33 bits per heavy atom. The summed E-state index contributed by atoms with van der Waals surface area (Å²) in [6.07, 6.45) is 5.50. The molecule has 1 amide bonds. The zero-order valence-corrected chi connectivity index (χ0v) is 14.2. The number of ether oxygens (including phenoxy) is 1. The van der Waals surface area contributed by atoms with E-state index in [0.717, 1.165) is 16.9 Å². The first kappa shape index (κ1) is 16.5. The van der Waals surface area contributed by atoms with Crippen LogP contribution in [-0.4, -0.2) is 45.9 Å². The number of pyridine rings is 1. The summed E-state index contributed by atoms with van der Waals surface area (Å²) in [5.41, 5.74) is 2.78. The van der Waals surface area contributed by atoms with E-state index in [9.17, 15) is 9.59 Å². The minimum Gasteiger partial charge on any atom is -0.466 e. The van der Waals surface area contributed by atoms with Crippen LogP contribution >= 0.6 is 0 Å². The Morgan fingerprint density at radius 3 is 2.79 bits per heavy atom. The molecule has 1 aliphatic heterocycles. The van der Waals surface area contributed by atoms with Crippen LogP contribution in [0.15, 0.2) is 24.5 Å². The fourth-order valence-corrected chi connectivity index (χ4v) is 3.11. The van der Waals surface area contributed by atoms with E-state index in [1.807, 2.05) is 47.7 Å². The molecule has 3 rings (SSSR count). The second kappa shape index (κ2) is 7.03. The Labute approximate surface area is 141 Å². The van der Waals surface area contributed by atoms with Crippen LogP contribution in [-0.2, 0) is 20.7 Å². The molecule has 0 aliphatic carbocycles. The number of aryl methyl sites for hydroxylation is 1. The topological polar surface area (TPSA) is 63.9 Å². The lowest BCUT2D eigenvalue weighted by atomic mass is 9.97. The Morgan fingerprint density at radius 2 is 2.08 bits per heavy atom. The molecule has 0 spiro atoms. The van der Waals surface area contributed by atoms with Crippen LogP contribution in [0.1, 0.15) is 31.0 Å². The molecule has 2 aromatic rings. The van der Waals surface area contributed by atoms with Crippen molar-refractivity contribution in [2.24, 2.45) is 5.92 Å². The van der Waals surface area contributed by atoms with Gasteiger partial charge in [-0.25, -0.2) is 4.98 Å². The van der Waals surface area contributed by atoms with E-state index in [0.29, 0.717) is 39.0 Å². The van der Waals surface area contributed by atoms with Crippen LogP contribution in [0.4, 0.5) is 0 Å². The van der Waals surface area contributed by atoms with Crippen LogP contribution in [0.3, 0.4) is 0 Å². The molecule has 2 aromatic heterocycles. The lowest BCUT2D eigenvalue weighted by Crippen LogP contribution is -2.41. The SMILES string of the molecule is CCOC(=O)C1CCN(C(=O)Cc2cn3ccc(C)cc3n2)CC1. The first-order valence-electron chi connectivity index (χ1n) is 8.45. The highest BCUT2D eigenvalue weighted by atomic mass is 16.5. The van der Waals surface area contributed by atoms with Gasteiger partial charge in [-0.05, 0) is 44.4 Å². The molecule has 1 fully saturated rings. The van der Waals surface area contributed by atoms with Crippen molar-refractivity contribution < 1.29 is 14.3 Å². The molecule has 24 heavy (non-hydrogen) atoms. The summed E-state index contributed by atoms with van der Waals surface area (Å²) in [6.45, 7) is 5.45. The molecule has 1 aliphatic rings. The minimum atomic E-state index is -0.139. The summed E-state index contributed by atoms with van der Waals surface area (Å²) in [5.74, 6) is -0.148. The van der Waals surface area contributed by atoms with E-state index >= 15 is 0 Å². The average Bonchev–Trinajstić information content (AvgIpc) is 2.96. The predicted octanol–water partition coefficient (Wildman–Crippen LogP) is 1.99. The summed E-state index contributed by atoms with van der Waals surface area (Å²) in [5, 5.41) is 0. The third-order valence-corrected chi connectivity index (χ3v) is 4.47. The molecule has 0 radical (unpaired) electrons. The van der Waals surface area contributed by atoms with Crippen molar-refractivity contribution in [3.05, 3.63) is 35.8 Å². The van der Waals surface area contributed by atoms with Crippen LogP contribution in [0, 0.1) is 12.8 Å². The highest BCUT2D eigenvalue weighted by molar-refractivity contribution is 5.79. The summed E-state index contributed by atoms with van der Waals surface area (Å²) in [6, 6.07) is 4.01. The van der Waals surface area contributed by atoms with E-state index in [4.69, 9.17) is 4.74 Å². The van der Waals surface area contributed by atoms with E-state index in [-0.39, 0.29) is 17.8 Å². The normalized spacial score (nSPS) is 15.7. The number of aromatic nitrogens is 2. The van der Waals surface area contributed by atoms with Gasteiger partial charge < -0.3 is 14.0 Å². The number of hydrogen-bond donors (Lipinski definition) is 0. The molecule has 6 nitrogen and oxygen atoms in total. The van der Waals surface area contributed by atoms with E-state index in [1.165, 1.54) is 0 Å². The maximum Gasteiger partial charge on any atom is 0.309 e. The van der Waals surface area contributed by atoms with Crippen LogP contribution in [0.25, 0.3) is 5.65 Å². The van der Waals surface area contributed by atoms with Gasteiger partial charge in [-0.2, -0.15) is 0 Å². The molecular weight excluding hydrogens is 306 g/mol. The Hall–Kier alpha value is -2.37. The molecule has 0 aromatic carbocycles. The summed E-state index contributed by atoms with van der Waals surface area (Å²) in [7, 11) is 0. The fraction of sp³-hybridized carbons (Fsp3) is 0.500. The largest absolute Gasteiger partial charge is 0.466 e. The zero-order chi connectivity index (χ0) is 17.1. The van der Waals surface area contributed by atoms with Gasteiger partial charge in [-0.3, -0.25) is 9.59 Å². The van der Waals surface area contributed by atoms with Crippen molar-refractivity contribution in [1.82, 2.24) is 14.3 Å². The number of nitrogens with zero attached hydrogens (tertiary/aromatic N) is 3. The molecular formula is C18H23N3O3. The number of imidazole rings is 1. The van der Waals surface area contributed by atoms with Crippen LogP contribution < -0.4 is 0 Å². The molecule has 0 saturated carbocycles. The highest BCUT2D eigenvalue weighted by Crippen LogP contribution is 2.19. The molecule has 6 heteroatoms. The molecule has 0 atom stereocenters. The van der Waals surface area contributed by atoms with Crippen molar-refractivity contribution in [2.75, 3.05) is 19.7 Å². The van der Waals surface area contributed by atoms with Crippen molar-refractivity contribution in [3.8, 4) is 0 Å². The number of amides is 1. The van der Waals surface area contributed by atoms with Gasteiger partial charge >= 0.3 is 5.97 Å². The van der Waals surface area contributed by atoms with E-state index in [1.54, 1.807) is 0 Å². The first-order chi connectivity index (χ1) is 11.6. The van der Waals surface area contributed by atoms with Gasteiger partial charge in [0.2, 0.25) is 5.91 Å². The van der Waals surface area contributed by atoms with Gasteiger partial charge in [0.1, 0.15) is 5.65 Å². The third kappa shape index (κ3) is 3.58. The summed E-state index contributed by atoms with van der Waals surface area (Å²) >= 11 is 0. The number of piperidine rings is 1. The lowest BCUT2D eigenvalue weighted by molar-refractivity contribution is -0.151. The third-order valence-electron chi connectivity index (χ3n) is 4.47. The number of likely N-dealkylation sites (tertiary alicyclic amines) is 1. The number of rotatable bonds is 4. The average molecular weight is 329 g/mol. The number of carbonyl (C=O) groups is 2. The highest BCUT2D eigenvalue weighted by Gasteiger charge is 2.28. The molecule has 0 unspecified atom stereocenters. The lowest BCUT2D eigenvalue weighted by Gasteiger charge is -2.30. The molecule has 1 saturated heterocycles. The second-order valence-corrected chi connectivity index (χ2v) is 6.29. The Balaban J connectivity index is 1.58. The Kier molecular flexibility index (Phi) is 4.83. The van der Waals surface area contributed by atoms with E-state index < -0.39 is 0 Å². The van der Waals surface area contributed by atoms with Gasteiger partial charge in [0, 0.05) is 25.5 Å². The predicted molar refractivity (Wildman–Crippen MR) is 89.6 cm³/mol. The van der Waals surface area contributed by atoms with Gasteiger partial charge in [0.15, 0.2) is 0 Å². The van der Waals surface area contributed by atoms with Crippen LogP contribution in [0.5, 0.6) is 0 Å². The fourth-order valence-electron chi connectivity index (χ4n) is 3.11. The van der Waals surface area contributed by atoms with Crippen molar-refractivity contribution in [2.45, 2.75) is 33.1 Å². The standard InChI is InChI=1S/C18H23N3O3/c1-3-24-18(23)14-5-8-20(9-6-14)17(22)11-15-12-21-7-4-13(2)10-16(21)19-15/h4,7,10,12,14H,3,5-6,8-9,11H2,1-2H3. The smallest absolute Gasteiger partial charge is 0.309 e. The molecule has 0 N–H and O–H groups in total. The first-order valence-corrected chi connectivity index (χ1v) is 8.45. The minimum absolute atomic E-state index is 0.0671. The number of hydrogen-bond acceptors (Lipinski definition) is 4. The maximum atomic E-state index is 12.5. The van der Waals surface area contributed by atoms with Gasteiger partial charge in [-0.15, -0.1) is 0 Å². The number of carbonyl (C=O) groups excluding carboxylic acids is 2. The zero-order valence-electron chi connectivity index (χ0n) is 14.2. The van der Waals surface area contributed by atoms with Crippen molar-refractivity contribution in [3.63, 3.8) is 0 Å². The molecule has 3 heterocycles. The maximum absolute atomic E-state index is 12.5. The monoisotopic (exact) mass is 329 g/mol. The quantitative estimate of drug-likeness (QED) is 0.805. The summed E-state index contributed by atoms with van der Waals surface area (Å²) in [4.78, 5) is 30.6. The van der Waals surface area contributed by atoms with Gasteiger partial charge in [0.25, 0.3) is 0 Å². The van der Waals surface area contributed by atoms with Crippen molar-refractivity contribution >= 4 is 17.5 Å². The summed E-state index contributed by atoms with van der Waals surface area (Å²) < 4.78 is 6.99. The number of esters is 1. The van der Waals surface area contributed by atoms with Gasteiger partial charge in [0.05, 0.1) is 24.6 Å². The van der Waals surface area contributed by atoms with Gasteiger partial charge in [-0.1, -0.05) is 0 Å². The van der Waals surface area contributed by atoms with Crippen molar-refractivity contribution in [1.29, 1.82) is 0 Å². The number of fused-ring (bicyclic) bond motifs is 1. The Bertz CT molecular complexity index is 745. The molecule has 128 valence electrons. The molecule has 0 bridgehead atoms. The van der Waals surface area contributed by atoms with Crippen LogP contribution in [0.2, 0.25) is 0 Å².